The monoisotopic (exact) mass is 360 g/mol. The standard InChI is InChI=1S/C16H16N4O4S/c1-10(21)18-7-13-8-20(16(22)24-13)12-2-3-14-11(6-12)9-25(23)15-17-4-5-19(14)15/h2-6,13H,7-9H2,1H3,(H,18,21)/t13-,25?/m0/s1. The number of carbonyl (C=O) groups excluding carboxylic acids is 2. The van der Waals surface area contributed by atoms with E-state index >= 15 is 0 Å². The Morgan fingerprint density at radius 2 is 2.32 bits per heavy atom. The lowest BCUT2D eigenvalue weighted by molar-refractivity contribution is -0.119. The number of carbonyl (C=O) groups is 2. The molecule has 0 aliphatic carbocycles. The van der Waals surface area contributed by atoms with Crippen molar-refractivity contribution in [2.45, 2.75) is 23.9 Å². The molecular weight excluding hydrogens is 344 g/mol. The highest BCUT2D eigenvalue weighted by Crippen LogP contribution is 2.31. The molecule has 2 aliphatic rings. The number of amides is 2. The molecule has 0 bridgehead atoms. The summed E-state index contributed by atoms with van der Waals surface area (Å²) in [7, 11) is -1.21. The fraction of sp³-hybridized carbons (Fsp3) is 0.312. The maximum atomic E-state index is 12.3. The van der Waals surface area contributed by atoms with Crippen molar-refractivity contribution in [3.05, 3.63) is 36.2 Å². The Hall–Kier alpha value is -2.68. The van der Waals surface area contributed by atoms with Crippen molar-refractivity contribution in [1.82, 2.24) is 14.9 Å². The number of anilines is 1. The average Bonchev–Trinajstić information content (AvgIpc) is 3.20. The van der Waals surface area contributed by atoms with Gasteiger partial charge in [-0.05, 0) is 23.8 Å². The molecule has 1 saturated heterocycles. The maximum Gasteiger partial charge on any atom is 0.414 e. The highest BCUT2D eigenvalue weighted by Gasteiger charge is 2.33. The van der Waals surface area contributed by atoms with Gasteiger partial charge in [0, 0.05) is 25.0 Å². The van der Waals surface area contributed by atoms with E-state index in [4.69, 9.17) is 4.74 Å². The van der Waals surface area contributed by atoms with E-state index in [0.29, 0.717) is 23.1 Å². The molecule has 2 aromatic rings. The number of nitrogens with zero attached hydrogens (tertiary/aromatic N) is 3. The zero-order valence-corrected chi connectivity index (χ0v) is 14.3. The number of rotatable bonds is 3. The van der Waals surface area contributed by atoms with Crippen LogP contribution < -0.4 is 10.2 Å². The van der Waals surface area contributed by atoms with Gasteiger partial charge in [-0.3, -0.25) is 18.5 Å². The van der Waals surface area contributed by atoms with Crippen LogP contribution in [0.1, 0.15) is 12.5 Å². The predicted octanol–water partition coefficient (Wildman–Crippen LogP) is 0.955. The Morgan fingerprint density at radius 3 is 3.12 bits per heavy atom. The minimum atomic E-state index is -1.21. The number of ether oxygens (including phenoxy) is 1. The summed E-state index contributed by atoms with van der Waals surface area (Å²) in [5.41, 5.74) is 2.49. The maximum absolute atomic E-state index is 12.3. The molecular formula is C16H16N4O4S. The molecule has 0 saturated carbocycles. The van der Waals surface area contributed by atoms with Crippen LogP contribution in [0.15, 0.2) is 35.7 Å². The second-order valence-electron chi connectivity index (χ2n) is 5.94. The third-order valence-electron chi connectivity index (χ3n) is 4.18. The second-order valence-corrected chi connectivity index (χ2v) is 7.28. The molecule has 1 aromatic heterocycles. The number of nitrogens with one attached hydrogen (secondary N) is 1. The Balaban J connectivity index is 1.59. The fourth-order valence-electron chi connectivity index (χ4n) is 3.03. The van der Waals surface area contributed by atoms with Crippen LogP contribution in [0.5, 0.6) is 0 Å². The van der Waals surface area contributed by atoms with Crippen LogP contribution in [0.25, 0.3) is 5.69 Å². The van der Waals surface area contributed by atoms with Gasteiger partial charge < -0.3 is 10.1 Å². The molecule has 1 aromatic carbocycles. The van der Waals surface area contributed by atoms with E-state index < -0.39 is 16.9 Å². The lowest BCUT2D eigenvalue weighted by Gasteiger charge is -2.21. The van der Waals surface area contributed by atoms with Crippen LogP contribution in [0.3, 0.4) is 0 Å². The van der Waals surface area contributed by atoms with Gasteiger partial charge >= 0.3 is 6.09 Å². The second kappa shape index (κ2) is 5.99. The Morgan fingerprint density at radius 1 is 1.48 bits per heavy atom. The first kappa shape index (κ1) is 15.8. The topological polar surface area (TPSA) is 93.5 Å². The zero-order chi connectivity index (χ0) is 17.6. The Labute approximate surface area is 146 Å². The van der Waals surface area contributed by atoms with Crippen LogP contribution in [0.2, 0.25) is 0 Å². The summed E-state index contributed by atoms with van der Waals surface area (Å²) in [6, 6.07) is 5.58. The van der Waals surface area contributed by atoms with Crippen molar-refractivity contribution >= 4 is 28.5 Å². The molecule has 9 heteroatoms. The predicted molar refractivity (Wildman–Crippen MR) is 90.0 cm³/mol. The molecule has 2 amide bonds. The van der Waals surface area contributed by atoms with E-state index in [1.807, 2.05) is 18.2 Å². The van der Waals surface area contributed by atoms with Gasteiger partial charge in [0.2, 0.25) is 11.1 Å². The first-order chi connectivity index (χ1) is 12.0. The van der Waals surface area contributed by atoms with E-state index in [0.717, 1.165) is 11.3 Å². The molecule has 1 unspecified atom stereocenters. The largest absolute Gasteiger partial charge is 0.442 e. The molecule has 3 heterocycles. The van der Waals surface area contributed by atoms with Crippen molar-refractivity contribution < 1.29 is 18.5 Å². The van der Waals surface area contributed by atoms with Crippen LogP contribution in [0, 0.1) is 0 Å². The number of aromatic nitrogens is 2. The van der Waals surface area contributed by atoms with Crippen molar-refractivity contribution in [1.29, 1.82) is 0 Å². The normalized spacial score (nSPS) is 21.5. The lowest BCUT2D eigenvalue weighted by Crippen LogP contribution is -2.33. The zero-order valence-electron chi connectivity index (χ0n) is 13.5. The number of cyclic esters (lactones) is 1. The third-order valence-corrected chi connectivity index (χ3v) is 5.47. The molecule has 2 aliphatic heterocycles. The molecule has 1 fully saturated rings. The fourth-order valence-corrected chi connectivity index (χ4v) is 4.23. The highest BCUT2D eigenvalue weighted by atomic mass is 32.2. The summed E-state index contributed by atoms with van der Waals surface area (Å²) >= 11 is 0. The molecule has 1 N–H and O–H groups in total. The van der Waals surface area contributed by atoms with Crippen LogP contribution in [-0.2, 0) is 26.1 Å². The van der Waals surface area contributed by atoms with E-state index in [1.54, 1.807) is 17.0 Å². The summed E-state index contributed by atoms with van der Waals surface area (Å²) in [4.78, 5) is 28.8. The summed E-state index contributed by atoms with van der Waals surface area (Å²) in [6.07, 6.45) is 2.57. The van der Waals surface area contributed by atoms with Gasteiger partial charge in [0.05, 0.1) is 35.3 Å². The number of benzene rings is 1. The van der Waals surface area contributed by atoms with Crippen LogP contribution in [0.4, 0.5) is 10.5 Å². The molecule has 0 spiro atoms. The SMILES string of the molecule is CC(=O)NC[C@H]1CN(c2ccc3c(c2)CS(=O)c2nccn2-3)C(=O)O1. The minimum absolute atomic E-state index is 0.165. The highest BCUT2D eigenvalue weighted by molar-refractivity contribution is 7.84. The van der Waals surface area contributed by atoms with E-state index in [2.05, 4.69) is 10.3 Å². The molecule has 25 heavy (non-hydrogen) atoms. The first-order valence-electron chi connectivity index (χ1n) is 7.80. The minimum Gasteiger partial charge on any atom is -0.442 e. The number of hydrogen-bond acceptors (Lipinski definition) is 5. The quantitative estimate of drug-likeness (QED) is 0.880. The van der Waals surface area contributed by atoms with Crippen molar-refractivity contribution in [2.75, 3.05) is 18.0 Å². The Kier molecular flexibility index (Phi) is 3.79. The molecule has 4 rings (SSSR count). The summed E-state index contributed by atoms with van der Waals surface area (Å²) in [5, 5.41) is 3.19. The Bertz CT molecular complexity index is 894. The van der Waals surface area contributed by atoms with Gasteiger partial charge in [-0.15, -0.1) is 0 Å². The molecule has 130 valence electrons. The van der Waals surface area contributed by atoms with E-state index in [9.17, 15) is 13.8 Å². The van der Waals surface area contributed by atoms with Gasteiger partial charge in [0.15, 0.2) is 0 Å². The van der Waals surface area contributed by atoms with Gasteiger partial charge in [0.1, 0.15) is 6.10 Å². The third kappa shape index (κ3) is 2.80. The smallest absolute Gasteiger partial charge is 0.414 e. The molecule has 8 nitrogen and oxygen atoms in total. The first-order valence-corrected chi connectivity index (χ1v) is 9.12. The van der Waals surface area contributed by atoms with Crippen molar-refractivity contribution in [2.24, 2.45) is 0 Å². The van der Waals surface area contributed by atoms with E-state index in [-0.39, 0.29) is 18.6 Å². The van der Waals surface area contributed by atoms with Gasteiger partial charge in [-0.2, -0.15) is 0 Å². The van der Waals surface area contributed by atoms with E-state index in [1.165, 1.54) is 11.8 Å². The summed E-state index contributed by atoms with van der Waals surface area (Å²) in [6.45, 7) is 2.06. The molecule has 0 radical (unpaired) electrons. The number of imidazole rings is 1. The number of hydrogen-bond donors (Lipinski definition) is 1. The van der Waals surface area contributed by atoms with Gasteiger partial charge in [0.25, 0.3) is 0 Å². The van der Waals surface area contributed by atoms with Crippen LogP contribution >= 0.6 is 0 Å². The number of fused-ring (bicyclic) bond motifs is 3. The van der Waals surface area contributed by atoms with Crippen molar-refractivity contribution in [3.63, 3.8) is 0 Å². The lowest BCUT2D eigenvalue weighted by atomic mass is 10.1. The summed E-state index contributed by atoms with van der Waals surface area (Å²) < 4.78 is 19.4. The average molecular weight is 360 g/mol. The van der Waals surface area contributed by atoms with Crippen molar-refractivity contribution in [3.8, 4) is 5.69 Å². The van der Waals surface area contributed by atoms with Gasteiger partial charge in [-0.1, -0.05) is 0 Å². The summed E-state index contributed by atoms with van der Waals surface area (Å²) in [5.74, 6) is 0.195. The molecule has 2 atom stereocenters. The van der Waals surface area contributed by atoms with Gasteiger partial charge in [-0.25, -0.2) is 9.78 Å². The van der Waals surface area contributed by atoms with Crippen LogP contribution in [-0.4, -0.2) is 45.0 Å².